The molecule has 5 aliphatic heterocycles. The van der Waals surface area contributed by atoms with Crippen LogP contribution in [0.25, 0.3) is 55.6 Å². The molecule has 0 atom stereocenters. The summed E-state index contributed by atoms with van der Waals surface area (Å²) < 4.78 is 20.8. The van der Waals surface area contributed by atoms with Gasteiger partial charge >= 0.3 is 0 Å². The Kier molecular flexibility index (Phi) is 12.2. The van der Waals surface area contributed by atoms with Crippen LogP contribution >= 0.6 is 0 Å². The number of aromatic nitrogens is 8. The summed E-state index contributed by atoms with van der Waals surface area (Å²) in [5.41, 5.74) is 10.5. The second-order valence-corrected chi connectivity index (χ2v) is 20.0. The van der Waals surface area contributed by atoms with Crippen molar-refractivity contribution < 1.29 is 14.2 Å². The highest BCUT2D eigenvalue weighted by molar-refractivity contribution is 5.95. The topological polar surface area (TPSA) is 139 Å². The van der Waals surface area contributed by atoms with Crippen molar-refractivity contribution in [3.8, 4) is 22.5 Å². The molecule has 0 bridgehead atoms. The van der Waals surface area contributed by atoms with Crippen molar-refractivity contribution in [3.63, 3.8) is 0 Å². The summed E-state index contributed by atoms with van der Waals surface area (Å²) >= 11 is 0. The quantitative estimate of drug-likeness (QED) is 0.170. The van der Waals surface area contributed by atoms with Crippen LogP contribution in [-0.4, -0.2) is 190 Å². The number of fused-ring (bicyclic) bond motifs is 4. The zero-order valence-electron chi connectivity index (χ0n) is 40.1. The molecule has 2 N–H and O–H groups in total. The third-order valence-corrected chi connectivity index (χ3v) is 15.3. The standard InChI is InChI=1S/C27H33N7O.C26H31N7O2/c1-2-22(23-6-7-28-24(23)3-1)25-17-27(33-12-14-35-15-13-33)34-26(29-25)16-21(30-34)19-32-10-8-31(9-11-32)18-20-4-5-20;1-2-21(22-4-5-27-23(22)3-1)24-15-26(32-8-12-35-13-9-32)33-25(28-24)14-19(29-33)16-30-17-20(18-30)31-6-10-34-11-7-31/h1-3,6-7,16-17,20,28H,4-5,8-15,18-19H2;1-5,14-15,20,27H,6-13,16-18H2. The van der Waals surface area contributed by atoms with Gasteiger partial charge in [-0.2, -0.15) is 19.2 Å². The Morgan fingerprint density at radius 2 is 1.00 bits per heavy atom. The number of aromatic amines is 2. The molecular formula is C53H64N14O3. The Morgan fingerprint density at radius 1 is 0.514 bits per heavy atom. The second-order valence-electron chi connectivity index (χ2n) is 20.0. The van der Waals surface area contributed by atoms with Gasteiger partial charge in [-0.25, -0.2) is 9.97 Å². The highest BCUT2D eigenvalue weighted by atomic mass is 16.5. The molecule has 1 aliphatic carbocycles. The number of rotatable bonds is 11. The molecule has 0 amide bonds. The molecule has 6 aromatic heterocycles. The summed E-state index contributed by atoms with van der Waals surface area (Å²) in [7, 11) is 0. The summed E-state index contributed by atoms with van der Waals surface area (Å²) in [6.45, 7) is 20.0. The molecule has 17 heteroatoms. The Morgan fingerprint density at radius 3 is 1.51 bits per heavy atom. The maximum absolute atomic E-state index is 5.64. The van der Waals surface area contributed by atoms with Crippen LogP contribution in [0.15, 0.2) is 85.2 Å². The Bertz CT molecular complexity index is 3070. The van der Waals surface area contributed by atoms with Crippen LogP contribution in [0.3, 0.4) is 0 Å². The fourth-order valence-electron chi connectivity index (χ4n) is 11.2. The van der Waals surface area contributed by atoms with Crippen molar-refractivity contribution in [2.24, 2.45) is 5.92 Å². The van der Waals surface area contributed by atoms with E-state index in [0.29, 0.717) is 6.04 Å². The predicted octanol–water partition coefficient (Wildman–Crippen LogP) is 5.47. The van der Waals surface area contributed by atoms with E-state index in [1.54, 1.807) is 0 Å². The van der Waals surface area contributed by atoms with E-state index in [9.17, 15) is 0 Å². The van der Waals surface area contributed by atoms with Gasteiger partial charge in [-0.15, -0.1) is 0 Å². The lowest BCUT2D eigenvalue weighted by Crippen LogP contribution is -2.60. The zero-order chi connectivity index (χ0) is 46.4. The van der Waals surface area contributed by atoms with Crippen LogP contribution < -0.4 is 9.80 Å². The lowest BCUT2D eigenvalue weighted by molar-refractivity contribution is -0.0347. The Balaban J connectivity index is 0.000000137. The molecule has 0 unspecified atom stereocenters. The number of hydrogen-bond donors (Lipinski definition) is 2. The highest BCUT2D eigenvalue weighted by Gasteiger charge is 2.33. The van der Waals surface area contributed by atoms with Gasteiger partial charge in [0.05, 0.1) is 62.4 Å². The van der Waals surface area contributed by atoms with Crippen molar-refractivity contribution in [2.75, 3.05) is 135 Å². The first-order valence-corrected chi connectivity index (χ1v) is 25.7. The maximum Gasteiger partial charge on any atom is 0.158 e. The molecule has 70 heavy (non-hydrogen) atoms. The van der Waals surface area contributed by atoms with Crippen molar-refractivity contribution in [2.45, 2.75) is 32.0 Å². The number of H-pyrrole nitrogens is 2. The minimum Gasteiger partial charge on any atom is -0.379 e. The maximum atomic E-state index is 5.64. The molecule has 0 spiro atoms. The summed E-state index contributed by atoms with van der Waals surface area (Å²) in [5, 5.41) is 12.5. The van der Waals surface area contributed by atoms with E-state index in [0.717, 1.165) is 192 Å². The first-order valence-electron chi connectivity index (χ1n) is 25.7. The molecule has 14 rings (SSSR count). The normalized spacial score (nSPS) is 20.5. The van der Waals surface area contributed by atoms with Crippen molar-refractivity contribution in [1.29, 1.82) is 0 Å². The number of nitrogens with one attached hydrogen (secondary N) is 2. The number of nitrogens with zero attached hydrogens (tertiary/aromatic N) is 12. The SMILES string of the molecule is c1cc(-c2cc(N3CCOCC3)n3nc(CN4CC(N5CCOCC5)C4)cc3n2)c2cc[nH]c2c1.c1cc(-c2cc(N3CCOCC3)n3nc(CN4CCN(CC5CC5)CC4)cc3n2)c2cc[nH]c2c1. The molecule has 17 nitrogen and oxygen atoms in total. The molecule has 5 saturated heterocycles. The van der Waals surface area contributed by atoms with Gasteiger partial charge in [-0.05, 0) is 43.0 Å². The lowest BCUT2D eigenvalue weighted by Gasteiger charge is -2.46. The lowest BCUT2D eigenvalue weighted by atomic mass is 10.1. The highest BCUT2D eigenvalue weighted by Crippen LogP contribution is 2.34. The number of benzene rings is 2. The van der Waals surface area contributed by atoms with Gasteiger partial charge in [-0.3, -0.25) is 14.7 Å². The van der Waals surface area contributed by atoms with Crippen molar-refractivity contribution in [3.05, 3.63) is 96.6 Å². The summed E-state index contributed by atoms with van der Waals surface area (Å²) in [4.78, 5) is 31.8. The van der Waals surface area contributed by atoms with Crippen LogP contribution in [0.5, 0.6) is 0 Å². The number of ether oxygens (including phenoxy) is 3. The molecule has 8 aromatic rings. The Hall–Kier alpha value is -5.92. The smallest absolute Gasteiger partial charge is 0.158 e. The number of anilines is 2. The van der Waals surface area contributed by atoms with Crippen LogP contribution in [-0.2, 0) is 27.3 Å². The minimum atomic E-state index is 0.645. The van der Waals surface area contributed by atoms with Crippen molar-refractivity contribution >= 4 is 44.7 Å². The first-order chi connectivity index (χ1) is 34.6. The molecule has 6 fully saturated rings. The van der Waals surface area contributed by atoms with Gasteiger partial charge in [0.15, 0.2) is 11.3 Å². The molecule has 1 saturated carbocycles. The van der Waals surface area contributed by atoms with Gasteiger partial charge in [0.2, 0.25) is 0 Å². The fourth-order valence-corrected chi connectivity index (χ4v) is 11.2. The van der Waals surface area contributed by atoms with E-state index in [-0.39, 0.29) is 0 Å². The van der Waals surface area contributed by atoms with Gasteiger partial charge in [0.1, 0.15) is 11.6 Å². The van der Waals surface area contributed by atoms with E-state index in [2.05, 4.69) is 112 Å². The molecule has 2 aromatic carbocycles. The van der Waals surface area contributed by atoms with Gasteiger partial charge in [0.25, 0.3) is 0 Å². The Labute approximate surface area is 407 Å². The summed E-state index contributed by atoms with van der Waals surface area (Å²) in [5.74, 6) is 3.15. The van der Waals surface area contributed by atoms with E-state index in [1.807, 2.05) is 21.4 Å². The molecule has 11 heterocycles. The first kappa shape index (κ1) is 44.1. The van der Waals surface area contributed by atoms with Crippen LogP contribution in [0.4, 0.5) is 11.6 Å². The van der Waals surface area contributed by atoms with E-state index in [4.69, 9.17) is 34.4 Å². The van der Waals surface area contributed by atoms with Crippen molar-refractivity contribution in [1.82, 2.24) is 58.8 Å². The van der Waals surface area contributed by atoms with Crippen LogP contribution in [0.2, 0.25) is 0 Å². The van der Waals surface area contributed by atoms with E-state index >= 15 is 0 Å². The summed E-state index contributed by atoms with van der Waals surface area (Å²) in [6.07, 6.45) is 6.85. The second kappa shape index (κ2) is 19.4. The number of piperazine rings is 1. The largest absolute Gasteiger partial charge is 0.379 e. The third kappa shape index (κ3) is 9.15. The van der Waals surface area contributed by atoms with Crippen LogP contribution in [0.1, 0.15) is 24.2 Å². The van der Waals surface area contributed by atoms with Gasteiger partial charge in [0, 0.05) is 174 Å². The van der Waals surface area contributed by atoms with E-state index < -0.39 is 0 Å². The minimum absolute atomic E-state index is 0.645. The average molecular weight is 945 g/mol. The number of hydrogen-bond acceptors (Lipinski definition) is 13. The van der Waals surface area contributed by atoms with Gasteiger partial charge < -0.3 is 38.9 Å². The third-order valence-electron chi connectivity index (χ3n) is 15.3. The number of likely N-dealkylation sites (tertiary alicyclic amines) is 1. The predicted molar refractivity (Wildman–Crippen MR) is 273 cm³/mol. The molecular weight excluding hydrogens is 881 g/mol. The molecule has 0 radical (unpaired) electrons. The van der Waals surface area contributed by atoms with E-state index in [1.165, 1.54) is 43.2 Å². The van der Waals surface area contributed by atoms with Crippen LogP contribution in [0, 0.1) is 5.92 Å². The zero-order valence-corrected chi connectivity index (χ0v) is 40.1. The molecule has 364 valence electrons. The molecule has 6 aliphatic rings. The fraction of sp³-hybridized carbons (Fsp3) is 0.472. The van der Waals surface area contributed by atoms with Gasteiger partial charge in [-0.1, -0.05) is 24.3 Å². The summed E-state index contributed by atoms with van der Waals surface area (Å²) in [6, 6.07) is 26.4. The number of morpholine rings is 3. The monoisotopic (exact) mass is 945 g/mol. The average Bonchev–Trinajstić information content (AvgIpc) is 3.79.